The molecule has 1 fully saturated rings. The standard InChI is InChI=1S/C22H25N7O2/c1-16-14-20(27-26-16)24-19-15-21(28-10-12-29(13-11-28)22(30)31-2)25-18(23-19)9-8-17-6-4-3-5-7-17/h3-9,14-15H,10-13H2,1-2H3,(H2,23,24,25,26,27). The van der Waals surface area contributed by atoms with Crippen LogP contribution >= 0.6 is 0 Å². The molecule has 0 atom stereocenters. The van der Waals surface area contributed by atoms with Crippen LogP contribution in [0.3, 0.4) is 0 Å². The lowest BCUT2D eigenvalue weighted by Crippen LogP contribution is -2.49. The molecule has 1 amide bonds. The topological polar surface area (TPSA) is 99.3 Å². The lowest BCUT2D eigenvalue weighted by Gasteiger charge is -2.34. The number of H-pyrrole nitrogens is 1. The van der Waals surface area contributed by atoms with Gasteiger partial charge in [0.1, 0.15) is 11.6 Å². The van der Waals surface area contributed by atoms with Crippen LogP contribution in [-0.4, -0.2) is 64.4 Å². The Balaban J connectivity index is 1.58. The predicted molar refractivity (Wildman–Crippen MR) is 120 cm³/mol. The summed E-state index contributed by atoms with van der Waals surface area (Å²) in [7, 11) is 1.40. The summed E-state index contributed by atoms with van der Waals surface area (Å²) >= 11 is 0. The van der Waals surface area contributed by atoms with Gasteiger partial charge in [-0.3, -0.25) is 5.10 Å². The number of methoxy groups -OCH3 is 1. The first-order valence-electron chi connectivity index (χ1n) is 10.1. The second kappa shape index (κ2) is 9.29. The Hall–Kier alpha value is -3.88. The van der Waals surface area contributed by atoms with Gasteiger partial charge in [-0.1, -0.05) is 36.4 Å². The molecule has 1 aliphatic rings. The molecule has 2 aromatic heterocycles. The molecule has 0 radical (unpaired) electrons. The number of aromatic amines is 1. The molecule has 0 spiro atoms. The molecule has 0 bridgehead atoms. The fourth-order valence-corrected chi connectivity index (χ4v) is 3.35. The van der Waals surface area contributed by atoms with E-state index in [1.807, 2.05) is 61.5 Å². The van der Waals surface area contributed by atoms with E-state index in [9.17, 15) is 4.79 Å². The molecule has 1 aliphatic heterocycles. The molecule has 9 nitrogen and oxygen atoms in total. The molecule has 4 rings (SSSR count). The van der Waals surface area contributed by atoms with Gasteiger partial charge in [0, 0.05) is 44.0 Å². The third-order valence-electron chi connectivity index (χ3n) is 4.95. The van der Waals surface area contributed by atoms with Crippen molar-refractivity contribution in [2.45, 2.75) is 6.92 Å². The van der Waals surface area contributed by atoms with E-state index in [0.717, 1.165) is 17.1 Å². The lowest BCUT2D eigenvalue weighted by molar-refractivity contribution is 0.121. The number of benzene rings is 1. The van der Waals surface area contributed by atoms with Crippen LogP contribution in [0.2, 0.25) is 0 Å². The maximum Gasteiger partial charge on any atom is 0.409 e. The number of piperazine rings is 1. The first-order chi connectivity index (χ1) is 15.1. The number of ether oxygens (including phenoxy) is 1. The summed E-state index contributed by atoms with van der Waals surface area (Å²) in [5.74, 6) is 2.73. The number of carbonyl (C=O) groups excluding carboxylic acids is 1. The van der Waals surface area contributed by atoms with Crippen LogP contribution in [-0.2, 0) is 4.74 Å². The highest BCUT2D eigenvalue weighted by molar-refractivity contribution is 5.70. The second-order valence-electron chi connectivity index (χ2n) is 7.22. The molecule has 3 aromatic rings. The van der Waals surface area contributed by atoms with Gasteiger partial charge in [0.2, 0.25) is 0 Å². The smallest absolute Gasteiger partial charge is 0.409 e. The maximum absolute atomic E-state index is 11.8. The van der Waals surface area contributed by atoms with Crippen molar-refractivity contribution in [1.29, 1.82) is 0 Å². The number of aromatic nitrogens is 4. The van der Waals surface area contributed by atoms with Crippen molar-refractivity contribution in [1.82, 2.24) is 25.1 Å². The van der Waals surface area contributed by atoms with Crippen LogP contribution < -0.4 is 10.2 Å². The van der Waals surface area contributed by atoms with Crippen LogP contribution in [0.5, 0.6) is 0 Å². The zero-order valence-electron chi connectivity index (χ0n) is 17.6. The summed E-state index contributed by atoms with van der Waals surface area (Å²) < 4.78 is 4.83. The van der Waals surface area contributed by atoms with E-state index in [-0.39, 0.29) is 6.09 Å². The minimum atomic E-state index is -0.301. The van der Waals surface area contributed by atoms with E-state index in [2.05, 4.69) is 25.4 Å². The number of rotatable bonds is 5. The van der Waals surface area contributed by atoms with Crippen molar-refractivity contribution < 1.29 is 9.53 Å². The van der Waals surface area contributed by atoms with Gasteiger partial charge < -0.3 is 19.9 Å². The molecular weight excluding hydrogens is 394 g/mol. The SMILES string of the molecule is COC(=O)N1CCN(c2cc(Nc3cc(C)[nH]n3)nc(C=Cc3ccccc3)n2)CC1. The summed E-state index contributed by atoms with van der Waals surface area (Å²) in [5.41, 5.74) is 2.03. The zero-order valence-corrected chi connectivity index (χ0v) is 17.6. The highest BCUT2D eigenvalue weighted by Crippen LogP contribution is 2.21. The van der Waals surface area contributed by atoms with E-state index in [4.69, 9.17) is 9.72 Å². The number of amides is 1. The normalized spacial score (nSPS) is 14.1. The maximum atomic E-state index is 11.8. The van der Waals surface area contributed by atoms with E-state index < -0.39 is 0 Å². The van der Waals surface area contributed by atoms with Gasteiger partial charge >= 0.3 is 6.09 Å². The van der Waals surface area contributed by atoms with Crippen molar-refractivity contribution in [3.8, 4) is 0 Å². The Bertz CT molecular complexity index is 1060. The Labute approximate surface area is 180 Å². The third-order valence-corrected chi connectivity index (χ3v) is 4.95. The monoisotopic (exact) mass is 419 g/mol. The zero-order chi connectivity index (χ0) is 21.6. The summed E-state index contributed by atoms with van der Waals surface area (Å²) in [4.78, 5) is 25.0. The van der Waals surface area contributed by atoms with Crippen LogP contribution in [0, 0.1) is 6.92 Å². The quantitative estimate of drug-likeness (QED) is 0.654. The first-order valence-corrected chi connectivity index (χ1v) is 10.1. The van der Waals surface area contributed by atoms with Gasteiger partial charge in [0.25, 0.3) is 0 Å². The fourth-order valence-electron chi connectivity index (χ4n) is 3.35. The highest BCUT2D eigenvalue weighted by atomic mass is 16.5. The molecule has 1 aromatic carbocycles. The van der Waals surface area contributed by atoms with Crippen molar-refractivity contribution in [3.05, 3.63) is 59.5 Å². The molecule has 2 N–H and O–H groups in total. The van der Waals surface area contributed by atoms with Crippen LogP contribution in [0.4, 0.5) is 22.2 Å². The largest absolute Gasteiger partial charge is 0.453 e. The van der Waals surface area contributed by atoms with E-state index in [1.165, 1.54) is 7.11 Å². The number of hydrogen-bond acceptors (Lipinski definition) is 7. The van der Waals surface area contributed by atoms with Gasteiger partial charge in [0.15, 0.2) is 11.6 Å². The number of hydrogen-bond donors (Lipinski definition) is 2. The predicted octanol–water partition coefficient (Wildman–Crippen LogP) is 3.31. The van der Waals surface area contributed by atoms with Gasteiger partial charge in [-0.2, -0.15) is 5.10 Å². The molecule has 160 valence electrons. The molecular formula is C22H25N7O2. The summed E-state index contributed by atoms with van der Waals surface area (Å²) in [5, 5.41) is 10.4. The summed E-state index contributed by atoms with van der Waals surface area (Å²) in [6.07, 6.45) is 3.58. The number of nitrogens with zero attached hydrogens (tertiary/aromatic N) is 5. The third kappa shape index (κ3) is 5.19. The molecule has 9 heteroatoms. The van der Waals surface area contributed by atoms with Gasteiger partial charge in [-0.05, 0) is 18.6 Å². The van der Waals surface area contributed by atoms with E-state index in [1.54, 1.807) is 4.90 Å². The Kier molecular flexibility index (Phi) is 6.11. The van der Waals surface area contributed by atoms with Gasteiger partial charge in [0.05, 0.1) is 7.11 Å². The molecule has 0 aliphatic carbocycles. The van der Waals surface area contributed by atoms with Crippen LogP contribution in [0.1, 0.15) is 17.1 Å². The molecule has 0 unspecified atom stereocenters. The number of nitrogens with one attached hydrogen (secondary N) is 2. The van der Waals surface area contributed by atoms with Gasteiger partial charge in [-0.15, -0.1) is 0 Å². The molecule has 0 saturated carbocycles. The summed E-state index contributed by atoms with van der Waals surface area (Å²) in [6.45, 7) is 4.42. The number of aryl methyl sites for hydroxylation is 1. The van der Waals surface area contributed by atoms with Crippen molar-refractivity contribution in [2.24, 2.45) is 0 Å². The Morgan fingerprint density at radius 1 is 1.06 bits per heavy atom. The Morgan fingerprint density at radius 2 is 1.84 bits per heavy atom. The molecule has 1 saturated heterocycles. The van der Waals surface area contributed by atoms with E-state index >= 15 is 0 Å². The van der Waals surface area contributed by atoms with Gasteiger partial charge in [-0.25, -0.2) is 14.8 Å². The van der Waals surface area contributed by atoms with Crippen LogP contribution in [0.15, 0.2) is 42.5 Å². The fraction of sp³-hybridized carbons (Fsp3) is 0.273. The highest BCUT2D eigenvalue weighted by Gasteiger charge is 2.23. The minimum Gasteiger partial charge on any atom is -0.453 e. The average molecular weight is 419 g/mol. The second-order valence-corrected chi connectivity index (χ2v) is 7.22. The average Bonchev–Trinajstić information content (AvgIpc) is 3.22. The van der Waals surface area contributed by atoms with Crippen molar-refractivity contribution in [2.75, 3.05) is 43.5 Å². The lowest BCUT2D eigenvalue weighted by atomic mass is 10.2. The number of anilines is 3. The van der Waals surface area contributed by atoms with E-state index in [0.29, 0.717) is 43.6 Å². The first kappa shape index (κ1) is 20.4. The molecule has 31 heavy (non-hydrogen) atoms. The van der Waals surface area contributed by atoms with Crippen molar-refractivity contribution in [3.63, 3.8) is 0 Å². The molecule has 3 heterocycles. The summed E-state index contributed by atoms with van der Waals surface area (Å²) in [6, 6.07) is 13.8. The van der Waals surface area contributed by atoms with Crippen LogP contribution in [0.25, 0.3) is 12.2 Å². The Morgan fingerprint density at radius 3 is 2.52 bits per heavy atom. The number of carbonyl (C=O) groups is 1. The minimum absolute atomic E-state index is 0.301. The van der Waals surface area contributed by atoms with Crippen molar-refractivity contribution >= 4 is 35.7 Å².